The van der Waals surface area contributed by atoms with Crippen LogP contribution in [0.15, 0.2) is 36.7 Å². The molecule has 0 fully saturated rings. The maximum Gasteiger partial charge on any atom is 0.122 e. The Kier molecular flexibility index (Phi) is 2.59. The van der Waals surface area contributed by atoms with Crippen LogP contribution in [0.3, 0.4) is 0 Å². The number of aryl methyl sites for hydroxylation is 1. The van der Waals surface area contributed by atoms with Gasteiger partial charge in [0.05, 0.1) is 6.61 Å². The molecule has 0 saturated carbocycles. The summed E-state index contributed by atoms with van der Waals surface area (Å²) in [7, 11) is 0. The molecule has 3 rings (SSSR count). The van der Waals surface area contributed by atoms with Crippen LogP contribution in [-0.2, 0) is 13.0 Å². The minimum atomic E-state index is 0.450. The minimum absolute atomic E-state index is 0.450. The van der Waals surface area contributed by atoms with Crippen LogP contribution in [0, 0.1) is 0 Å². The molecule has 1 aromatic heterocycles. The van der Waals surface area contributed by atoms with Gasteiger partial charge in [-0.1, -0.05) is 25.1 Å². The van der Waals surface area contributed by atoms with E-state index < -0.39 is 0 Å². The zero-order valence-electron chi connectivity index (χ0n) is 9.97. The first kappa shape index (κ1) is 10.4. The Bertz CT molecular complexity index is 518. The monoisotopic (exact) mass is 228 g/mol. The molecule has 2 heterocycles. The Balaban J connectivity index is 1.84. The van der Waals surface area contributed by atoms with Crippen LogP contribution in [0.25, 0.3) is 0 Å². The van der Waals surface area contributed by atoms with Crippen molar-refractivity contribution in [2.75, 3.05) is 6.61 Å². The lowest BCUT2D eigenvalue weighted by Gasteiger charge is -2.11. The average molecular weight is 228 g/mol. The molecule has 1 atom stereocenters. The Morgan fingerprint density at radius 1 is 1.41 bits per heavy atom. The lowest BCUT2D eigenvalue weighted by atomic mass is 10.0. The van der Waals surface area contributed by atoms with Crippen molar-refractivity contribution in [2.24, 2.45) is 0 Å². The predicted octanol–water partition coefficient (Wildman–Crippen LogP) is 2.62. The van der Waals surface area contributed by atoms with Gasteiger partial charge in [0.2, 0.25) is 0 Å². The summed E-state index contributed by atoms with van der Waals surface area (Å²) in [5.74, 6) is 2.63. The van der Waals surface area contributed by atoms with E-state index in [1.165, 1.54) is 5.56 Å². The molecule has 3 heteroatoms. The fraction of sp³-hybridized carbons (Fsp3) is 0.357. The highest BCUT2D eigenvalue weighted by Gasteiger charge is 2.24. The van der Waals surface area contributed by atoms with Crippen LogP contribution < -0.4 is 4.74 Å². The van der Waals surface area contributed by atoms with Gasteiger partial charge in [0.25, 0.3) is 0 Å². The van der Waals surface area contributed by atoms with Crippen molar-refractivity contribution in [3.05, 3.63) is 48.0 Å². The van der Waals surface area contributed by atoms with E-state index in [1.54, 1.807) is 0 Å². The zero-order chi connectivity index (χ0) is 11.7. The molecular formula is C14H16N2O. The second-order valence-corrected chi connectivity index (χ2v) is 4.40. The molecule has 0 spiro atoms. The van der Waals surface area contributed by atoms with Crippen LogP contribution in [0.2, 0.25) is 0 Å². The maximum atomic E-state index is 5.70. The predicted molar refractivity (Wildman–Crippen MR) is 66.3 cm³/mol. The minimum Gasteiger partial charge on any atom is -0.493 e. The summed E-state index contributed by atoms with van der Waals surface area (Å²) in [5, 5.41) is 0. The van der Waals surface area contributed by atoms with E-state index in [9.17, 15) is 0 Å². The van der Waals surface area contributed by atoms with Gasteiger partial charge in [-0.25, -0.2) is 4.98 Å². The van der Waals surface area contributed by atoms with Gasteiger partial charge in [-0.2, -0.15) is 0 Å². The van der Waals surface area contributed by atoms with E-state index in [4.69, 9.17) is 4.74 Å². The molecule has 17 heavy (non-hydrogen) atoms. The summed E-state index contributed by atoms with van der Waals surface area (Å²) < 4.78 is 7.93. The standard InChI is InChI=1S/C14H16N2O/c1-2-14-15-7-8-16(14)9-11-10-17-13-6-4-3-5-12(11)13/h3-8,11H,2,9-10H2,1H3. The van der Waals surface area contributed by atoms with Gasteiger partial charge < -0.3 is 9.30 Å². The van der Waals surface area contributed by atoms with Crippen molar-refractivity contribution in [2.45, 2.75) is 25.8 Å². The molecule has 0 saturated heterocycles. The maximum absolute atomic E-state index is 5.70. The highest BCUT2D eigenvalue weighted by Crippen LogP contribution is 2.34. The molecule has 0 amide bonds. The fourth-order valence-corrected chi connectivity index (χ4v) is 2.44. The zero-order valence-corrected chi connectivity index (χ0v) is 9.97. The van der Waals surface area contributed by atoms with Gasteiger partial charge in [-0.3, -0.25) is 0 Å². The van der Waals surface area contributed by atoms with Crippen molar-refractivity contribution in [1.82, 2.24) is 9.55 Å². The number of aromatic nitrogens is 2. The Morgan fingerprint density at radius 2 is 2.29 bits per heavy atom. The summed E-state index contributed by atoms with van der Waals surface area (Å²) in [6.45, 7) is 3.87. The molecule has 2 aromatic rings. The molecule has 0 N–H and O–H groups in total. The number of rotatable bonds is 3. The topological polar surface area (TPSA) is 27.1 Å². The smallest absolute Gasteiger partial charge is 0.122 e. The largest absolute Gasteiger partial charge is 0.493 e. The van der Waals surface area contributed by atoms with E-state index >= 15 is 0 Å². The Labute approximate surface area is 101 Å². The van der Waals surface area contributed by atoms with E-state index in [0.29, 0.717) is 5.92 Å². The molecule has 1 aliphatic rings. The number of fused-ring (bicyclic) bond motifs is 1. The second-order valence-electron chi connectivity index (χ2n) is 4.40. The van der Waals surface area contributed by atoms with Crippen molar-refractivity contribution in [3.8, 4) is 5.75 Å². The molecule has 0 radical (unpaired) electrons. The number of hydrogen-bond donors (Lipinski definition) is 0. The van der Waals surface area contributed by atoms with Gasteiger partial charge in [0.15, 0.2) is 0 Å². The molecule has 1 aromatic carbocycles. The highest BCUT2D eigenvalue weighted by molar-refractivity contribution is 5.39. The number of hydrogen-bond acceptors (Lipinski definition) is 2. The van der Waals surface area contributed by atoms with Gasteiger partial charge in [-0.15, -0.1) is 0 Å². The quantitative estimate of drug-likeness (QED) is 0.807. The third-order valence-corrected chi connectivity index (χ3v) is 3.33. The highest BCUT2D eigenvalue weighted by atomic mass is 16.5. The third kappa shape index (κ3) is 1.82. The fourth-order valence-electron chi connectivity index (χ4n) is 2.44. The third-order valence-electron chi connectivity index (χ3n) is 3.33. The average Bonchev–Trinajstić information content (AvgIpc) is 2.97. The van der Waals surface area contributed by atoms with Gasteiger partial charge >= 0.3 is 0 Å². The molecule has 1 aliphatic heterocycles. The number of nitrogens with zero attached hydrogens (tertiary/aromatic N) is 2. The number of imidazole rings is 1. The van der Waals surface area contributed by atoms with Crippen molar-refractivity contribution in [3.63, 3.8) is 0 Å². The van der Waals surface area contributed by atoms with Crippen molar-refractivity contribution >= 4 is 0 Å². The van der Waals surface area contributed by atoms with Crippen LogP contribution >= 0.6 is 0 Å². The first-order valence-corrected chi connectivity index (χ1v) is 6.10. The van der Waals surface area contributed by atoms with E-state index in [2.05, 4.69) is 34.8 Å². The molecule has 3 nitrogen and oxygen atoms in total. The molecular weight excluding hydrogens is 212 g/mol. The first-order valence-electron chi connectivity index (χ1n) is 6.10. The van der Waals surface area contributed by atoms with E-state index in [1.807, 2.05) is 18.3 Å². The van der Waals surface area contributed by atoms with Gasteiger partial charge in [0.1, 0.15) is 11.6 Å². The van der Waals surface area contributed by atoms with Gasteiger partial charge in [0, 0.05) is 36.8 Å². The summed E-state index contributed by atoms with van der Waals surface area (Å²) in [4.78, 5) is 4.35. The number of ether oxygens (including phenoxy) is 1. The molecule has 0 aliphatic carbocycles. The molecule has 0 bridgehead atoms. The van der Waals surface area contributed by atoms with E-state index in [-0.39, 0.29) is 0 Å². The second kappa shape index (κ2) is 4.24. The van der Waals surface area contributed by atoms with Crippen molar-refractivity contribution < 1.29 is 4.74 Å². The SMILES string of the molecule is CCc1nccn1CC1COc2ccccc21. The van der Waals surface area contributed by atoms with E-state index in [0.717, 1.165) is 31.1 Å². The van der Waals surface area contributed by atoms with Crippen LogP contribution in [0.4, 0.5) is 0 Å². The number of benzene rings is 1. The van der Waals surface area contributed by atoms with Crippen LogP contribution in [0.1, 0.15) is 24.2 Å². The molecule has 88 valence electrons. The molecule has 1 unspecified atom stereocenters. The number of para-hydroxylation sites is 1. The Hall–Kier alpha value is -1.77. The van der Waals surface area contributed by atoms with Crippen molar-refractivity contribution in [1.29, 1.82) is 0 Å². The normalized spacial score (nSPS) is 17.8. The summed E-state index contributed by atoms with van der Waals surface area (Å²) in [5.41, 5.74) is 1.32. The first-order chi connectivity index (χ1) is 8.38. The summed E-state index contributed by atoms with van der Waals surface area (Å²) in [6, 6.07) is 8.31. The summed E-state index contributed by atoms with van der Waals surface area (Å²) in [6.07, 6.45) is 4.91. The van der Waals surface area contributed by atoms with Crippen LogP contribution in [-0.4, -0.2) is 16.2 Å². The Morgan fingerprint density at radius 3 is 3.18 bits per heavy atom. The lowest BCUT2D eigenvalue weighted by Crippen LogP contribution is -2.12. The van der Waals surface area contributed by atoms with Crippen LogP contribution in [0.5, 0.6) is 5.75 Å². The lowest BCUT2D eigenvalue weighted by molar-refractivity contribution is 0.318. The summed E-state index contributed by atoms with van der Waals surface area (Å²) >= 11 is 0. The van der Waals surface area contributed by atoms with Gasteiger partial charge in [-0.05, 0) is 6.07 Å².